The summed E-state index contributed by atoms with van der Waals surface area (Å²) in [5.74, 6) is -0.358. The van der Waals surface area contributed by atoms with Gasteiger partial charge in [0.05, 0.1) is 24.9 Å². The Hall–Kier alpha value is -0.420. The van der Waals surface area contributed by atoms with Crippen molar-refractivity contribution in [3.8, 4) is 0 Å². The minimum atomic E-state index is -0.632. The van der Waals surface area contributed by atoms with Crippen molar-refractivity contribution in [3.05, 3.63) is 29.8 Å². The van der Waals surface area contributed by atoms with E-state index in [9.17, 15) is 4.39 Å². The van der Waals surface area contributed by atoms with Gasteiger partial charge in [-0.3, -0.25) is 4.98 Å². The van der Waals surface area contributed by atoms with Crippen LogP contribution in [0.3, 0.4) is 0 Å². The van der Waals surface area contributed by atoms with Crippen molar-refractivity contribution in [2.45, 2.75) is 5.54 Å². The van der Waals surface area contributed by atoms with Crippen molar-refractivity contribution in [1.82, 2.24) is 4.98 Å². The Morgan fingerprint density at radius 2 is 2.07 bits per heavy atom. The minimum Gasteiger partial charge on any atom is -0.377 e. The van der Waals surface area contributed by atoms with Crippen molar-refractivity contribution < 1.29 is 9.13 Å². The van der Waals surface area contributed by atoms with E-state index in [0.29, 0.717) is 18.8 Å². The number of hydrogen-bond acceptors (Lipinski definition) is 3. The lowest BCUT2D eigenvalue weighted by atomic mass is 9.90. The first-order valence-electron chi connectivity index (χ1n) is 3.69. The van der Waals surface area contributed by atoms with Gasteiger partial charge in [-0.25, -0.2) is 4.39 Å². The molecule has 2 rings (SSSR count). The molecule has 0 radical (unpaired) electrons. The maximum atomic E-state index is 13.1. The number of pyridine rings is 1. The third-order valence-electron chi connectivity index (χ3n) is 2.03. The molecule has 1 aromatic rings. The quantitative estimate of drug-likeness (QED) is 0.804. The maximum Gasteiger partial charge on any atom is 0.146 e. The molecule has 1 aromatic heterocycles. The van der Waals surface area contributed by atoms with Gasteiger partial charge in [-0.2, -0.15) is 0 Å². The van der Waals surface area contributed by atoms with Gasteiger partial charge in [0.1, 0.15) is 5.82 Å². The molecule has 6 heteroatoms. The van der Waals surface area contributed by atoms with Crippen LogP contribution in [0.15, 0.2) is 18.5 Å². The Bertz CT molecular complexity index is 307. The van der Waals surface area contributed by atoms with Crippen LogP contribution in [0, 0.1) is 5.82 Å². The zero-order valence-electron chi connectivity index (χ0n) is 7.27. The van der Waals surface area contributed by atoms with Gasteiger partial charge in [0, 0.05) is 11.8 Å². The maximum absolute atomic E-state index is 13.1. The average molecular weight is 241 g/mol. The zero-order valence-corrected chi connectivity index (χ0v) is 8.91. The molecule has 0 bridgehead atoms. The average Bonchev–Trinajstić information content (AvgIpc) is 2.01. The molecule has 0 aromatic carbocycles. The summed E-state index contributed by atoms with van der Waals surface area (Å²) < 4.78 is 18.0. The molecular weight excluding hydrogens is 230 g/mol. The molecule has 80 valence electrons. The van der Waals surface area contributed by atoms with Gasteiger partial charge in [0.15, 0.2) is 0 Å². The highest BCUT2D eigenvalue weighted by Gasteiger charge is 2.38. The van der Waals surface area contributed by atoms with Gasteiger partial charge in [-0.1, -0.05) is 0 Å². The minimum absolute atomic E-state index is 0. The van der Waals surface area contributed by atoms with Crippen molar-refractivity contribution >= 4 is 24.8 Å². The number of nitrogens with two attached hydrogens (primary N) is 1. The van der Waals surface area contributed by atoms with E-state index >= 15 is 0 Å². The van der Waals surface area contributed by atoms with E-state index in [0.717, 1.165) is 0 Å². The second-order valence-corrected chi connectivity index (χ2v) is 3.00. The first kappa shape index (κ1) is 13.6. The second-order valence-electron chi connectivity index (χ2n) is 3.00. The number of aromatic nitrogens is 1. The van der Waals surface area contributed by atoms with Crippen molar-refractivity contribution in [2.24, 2.45) is 5.73 Å². The summed E-state index contributed by atoms with van der Waals surface area (Å²) >= 11 is 0. The molecule has 2 N–H and O–H groups in total. The Balaban J connectivity index is 0.000000845. The number of hydrogen-bond donors (Lipinski definition) is 1. The summed E-state index contributed by atoms with van der Waals surface area (Å²) in [6, 6.07) is 1.60. The lowest BCUT2D eigenvalue weighted by molar-refractivity contribution is -0.0585. The van der Waals surface area contributed by atoms with Gasteiger partial charge in [0.2, 0.25) is 0 Å². The van der Waals surface area contributed by atoms with Crippen molar-refractivity contribution in [1.29, 1.82) is 0 Å². The van der Waals surface area contributed by atoms with Crippen LogP contribution in [-0.4, -0.2) is 18.2 Å². The Labute approximate surface area is 93.7 Å². The van der Waals surface area contributed by atoms with Gasteiger partial charge in [-0.05, 0) is 6.07 Å². The van der Waals surface area contributed by atoms with Crippen LogP contribution in [0.5, 0.6) is 0 Å². The highest BCUT2D eigenvalue weighted by molar-refractivity contribution is 5.85. The molecule has 3 nitrogen and oxygen atoms in total. The summed E-state index contributed by atoms with van der Waals surface area (Å²) in [4.78, 5) is 3.65. The molecule has 0 spiro atoms. The number of ether oxygens (including phenoxy) is 1. The fraction of sp³-hybridized carbons (Fsp3) is 0.375. The van der Waals surface area contributed by atoms with Crippen LogP contribution in [-0.2, 0) is 10.3 Å². The van der Waals surface area contributed by atoms with Gasteiger partial charge < -0.3 is 10.5 Å². The predicted molar refractivity (Wildman–Crippen MR) is 55.4 cm³/mol. The molecule has 0 unspecified atom stereocenters. The summed E-state index contributed by atoms with van der Waals surface area (Å²) in [5.41, 5.74) is 5.69. The first-order valence-corrected chi connectivity index (χ1v) is 3.69. The van der Waals surface area contributed by atoms with Crippen LogP contribution >= 0.6 is 24.8 Å². The number of nitrogens with zero attached hydrogens (tertiary/aromatic N) is 1. The molecule has 0 aliphatic carbocycles. The highest BCUT2D eigenvalue weighted by atomic mass is 35.5. The van der Waals surface area contributed by atoms with Crippen molar-refractivity contribution in [2.75, 3.05) is 13.2 Å². The van der Waals surface area contributed by atoms with E-state index in [4.69, 9.17) is 10.5 Å². The summed E-state index contributed by atoms with van der Waals surface area (Å²) in [6.45, 7) is 0.766. The molecule has 1 saturated heterocycles. The standard InChI is InChI=1S/C8H9FN2O.2ClH/c9-7-3-11-2-1-6(7)8(10)4-12-5-8;;/h1-3H,4-5,10H2;2*1H. The van der Waals surface area contributed by atoms with E-state index in [2.05, 4.69) is 4.98 Å². The molecule has 1 aliphatic rings. The molecular formula is C8H11Cl2FN2O. The molecule has 0 amide bonds. The van der Waals surface area contributed by atoms with Crippen LogP contribution < -0.4 is 5.73 Å². The number of rotatable bonds is 1. The Morgan fingerprint density at radius 1 is 1.43 bits per heavy atom. The lowest BCUT2D eigenvalue weighted by Gasteiger charge is -2.38. The van der Waals surface area contributed by atoms with Crippen LogP contribution in [0.1, 0.15) is 5.56 Å². The topological polar surface area (TPSA) is 48.1 Å². The normalized spacial score (nSPS) is 17.3. The van der Waals surface area contributed by atoms with E-state index in [-0.39, 0.29) is 30.6 Å². The van der Waals surface area contributed by atoms with E-state index in [1.165, 1.54) is 12.4 Å². The van der Waals surface area contributed by atoms with Gasteiger partial charge in [0.25, 0.3) is 0 Å². The molecule has 0 saturated carbocycles. The summed E-state index contributed by atoms with van der Waals surface area (Å²) in [5, 5.41) is 0. The predicted octanol–water partition coefficient (Wildman–Crippen LogP) is 1.25. The Morgan fingerprint density at radius 3 is 2.50 bits per heavy atom. The summed E-state index contributed by atoms with van der Waals surface area (Å²) in [7, 11) is 0. The highest BCUT2D eigenvalue weighted by Crippen LogP contribution is 2.27. The smallest absolute Gasteiger partial charge is 0.146 e. The fourth-order valence-corrected chi connectivity index (χ4v) is 1.26. The fourth-order valence-electron chi connectivity index (χ4n) is 1.26. The van der Waals surface area contributed by atoms with Crippen LogP contribution in [0.4, 0.5) is 4.39 Å². The summed E-state index contributed by atoms with van der Waals surface area (Å²) in [6.07, 6.45) is 2.70. The van der Waals surface area contributed by atoms with E-state index in [1.807, 2.05) is 0 Å². The van der Waals surface area contributed by atoms with Gasteiger partial charge in [-0.15, -0.1) is 24.8 Å². The molecule has 1 aliphatic heterocycles. The van der Waals surface area contributed by atoms with Gasteiger partial charge >= 0.3 is 0 Å². The van der Waals surface area contributed by atoms with E-state index in [1.54, 1.807) is 6.07 Å². The lowest BCUT2D eigenvalue weighted by Crippen LogP contribution is -2.54. The largest absolute Gasteiger partial charge is 0.377 e. The Kier molecular flexibility index (Phi) is 4.74. The third-order valence-corrected chi connectivity index (χ3v) is 2.03. The van der Waals surface area contributed by atoms with Crippen LogP contribution in [0.25, 0.3) is 0 Å². The molecule has 14 heavy (non-hydrogen) atoms. The third kappa shape index (κ3) is 2.15. The molecule has 1 fully saturated rings. The van der Waals surface area contributed by atoms with Crippen molar-refractivity contribution in [3.63, 3.8) is 0 Å². The zero-order chi connectivity index (χ0) is 8.60. The molecule has 0 atom stereocenters. The molecule has 2 heterocycles. The monoisotopic (exact) mass is 240 g/mol. The second kappa shape index (κ2) is 4.89. The SMILES string of the molecule is Cl.Cl.NC1(c2ccncc2F)COC1. The first-order chi connectivity index (χ1) is 5.72. The van der Waals surface area contributed by atoms with Crippen LogP contribution in [0.2, 0.25) is 0 Å². The number of halogens is 3. The van der Waals surface area contributed by atoms with E-state index < -0.39 is 5.54 Å².